The number of morpholine rings is 1. The predicted octanol–water partition coefficient (Wildman–Crippen LogP) is 4.46. The normalized spacial score (nSPS) is 27.1. The number of aliphatic hydroxyl groups is 2. The molecule has 2 aliphatic rings. The second kappa shape index (κ2) is 12.7. The highest BCUT2D eigenvalue weighted by atomic mass is 35.5. The lowest BCUT2D eigenvalue weighted by Crippen LogP contribution is -2.66. The number of benzene rings is 2. The van der Waals surface area contributed by atoms with E-state index in [1.54, 1.807) is 12.0 Å². The van der Waals surface area contributed by atoms with E-state index in [9.17, 15) is 15.0 Å². The molecule has 7 nitrogen and oxygen atoms in total. The fraction of sp³-hybridized carbons (Fsp3) is 0.581. The highest BCUT2D eigenvalue weighted by Gasteiger charge is 2.61. The summed E-state index contributed by atoms with van der Waals surface area (Å²) in [6, 6.07) is 13.5. The Morgan fingerprint density at radius 3 is 2.69 bits per heavy atom. The molecule has 0 bridgehead atoms. The number of hydrogen-bond acceptors (Lipinski definition) is 6. The van der Waals surface area contributed by atoms with Gasteiger partial charge in [-0.25, -0.2) is 0 Å². The van der Waals surface area contributed by atoms with E-state index in [1.807, 2.05) is 30.3 Å². The first-order valence-electron chi connectivity index (χ1n) is 14.0. The molecule has 0 spiro atoms. The van der Waals surface area contributed by atoms with Crippen molar-refractivity contribution in [1.29, 1.82) is 0 Å². The number of methoxy groups -OCH3 is 1. The number of ether oxygens (including phenoxy) is 2. The minimum atomic E-state index is -1.54. The third kappa shape index (κ3) is 5.90. The fourth-order valence-electron chi connectivity index (χ4n) is 6.54. The SMILES string of the molecule is COCCCC[C@@](O)(c1cccc(Cl)c1-c1cccc(C(C)C)c1)[C@@]1([C@H]2C[C@@H](N)[C@@H](O)C2)CN(C=O)CCO1. The molecule has 0 unspecified atom stereocenters. The van der Waals surface area contributed by atoms with E-state index in [1.165, 1.54) is 5.56 Å². The zero-order chi connectivity index (χ0) is 28.2. The van der Waals surface area contributed by atoms with E-state index < -0.39 is 23.3 Å². The zero-order valence-electron chi connectivity index (χ0n) is 23.3. The van der Waals surface area contributed by atoms with Crippen molar-refractivity contribution < 1.29 is 24.5 Å². The van der Waals surface area contributed by atoms with Crippen LogP contribution in [0, 0.1) is 5.92 Å². The van der Waals surface area contributed by atoms with Gasteiger partial charge >= 0.3 is 0 Å². The number of halogens is 1. The molecule has 4 rings (SSSR count). The summed E-state index contributed by atoms with van der Waals surface area (Å²) < 4.78 is 12.0. The minimum absolute atomic E-state index is 0.194. The van der Waals surface area contributed by atoms with Crippen LogP contribution in [0.2, 0.25) is 5.02 Å². The van der Waals surface area contributed by atoms with Crippen molar-refractivity contribution in [2.75, 3.05) is 33.4 Å². The van der Waals surface area contributed by atoms with Gasteiger partial charge in [0.05, 0.1) is 19.3 Å². The van der Waals surface area contributed by atoms with Gasteiger partial charge in [-0.3, -0.25) is 4.79 Å². The van der Waals surface area contributed by atoms with Crippen LogP contribution < -0.4 is 5.73 Å². The Kier molecular flexibility index (Phi) is 9.74. The highest BCUT2D eigenvalue weighted by Crippen LogP contribution is 2.53. The third-order valence-corrected chi connectivity index (χ3v) is 9.01. The summed E-state index contributed by atoms with van der Waals surface area (Å²) in [6.07, 6.45) is 2.75. The van der Waals surface area contributed by atoms with Crippen molar-refractivity contribution in [3.05, 3.63) is 58.6 Å². The van der Waals surface area contributed by atoms with Crippen molar-refractivity contribution in [3.8, 4) is 11.1 Å². The average molecular weight is 559 g/mol. The van der Waals surface area contributed by atoms with Crippen LogP contribution in [0.25, 0.3) is 11.1 Å². The van der Waals surface area contributed by atoms with E-state index in [0.717, 1.165) is 24.0 Å². The lowest BCUT2D eigenvalue weighted by Gasteiger charge is -2.55. The summed E-state index contributed by atoms with van der Waals surface area (Å²) in [5, 5.41) is 24.4. The number of hydrogen-bond donors (Lipinski definition) is 3. The zero-order valence-corrected chi connectivity index (χ0v) is 24.1. The Balaban J connectivity index is 1.94. The lowest BCUT2D eigenvalue weighted by molar-refractivity contribution is -0.246. The van der Waals surface area contributed by atoms with Crippen LogP contribution in [0.5, 0.6) is 0 Å². The first-order chi connectivity index (χ1) is 18.7. The molecule has 2 aromatic rings. The van der Waals surface area contributed by atoms with Crippen LogP contribution in [0.3, 0.4) is 0 Å². The number of nitrogens with two attached hydrogens (primary N) is 1. The lowest BCUT2D eigenvalue weighted by atomic mass is 9.65. The molecule has 1 saturated heterocycles. The molecule has 8 heteroatoms. The minimum Gasteiger partial charge on any atom is -0.392 e. The van der Waals surface area contributed by atoms with E-state index in [0.29, 0.717) is 55.3 Å². The molecule has 1 amide bonds. The van der Waals surface area contributed by atoms with Crippen LogP contribution in [0.4, 0.5) is 0 Å². The first kappa shape index (κ1) is 30.0. The van der Waals surface area contributed by atoms with E-state index >= 15 is 0 Å². The maximum absolute atomic E-state index is 13.2. The predicted molar refractivity (Wildman–Crippen MR) is 154 cm³/mol. The van der Waals surface area contributed by atoms with Crippen molar-refractivity contribution in [2.24, 2.45) is 11.7 Å². The molecule has 5 atom stereocenters. The number of aliphatic hydroxyl groups excluding tert-OH is 1. The van der Waals surface area contributed by atoms with Gasteiger partial charge in [-0.05, 0) is 66.7 Å². The number of amides is 1. The summed E-state index contributed by atoms with van der Waals surface area (Å²) in [5.41, 5.74) is 7.08. The number of nitrogens with zero attached hydrogens (tertiary/aromatic N) is 1. The fourth-order valence-corrected chi connectivity index (χ4v) is 6.83. The summed E-state index contributed by atoms with van der Waals surface area (Å²) in [4.78, 5) is 13.7. The summed E-state index contributed by atoms with van der Waals surface area (Å²) in [6.45, 7) is 5.76. The molecule has 39 heavy (non-hydrogen) atoms. The molecule has 1 heterocycles. The van der Waals surface area contributed by atoms with Gasteiger partial charge in [0.15, 0.2) is 0 Å². The van der Waals surface area contributed by atoms with Crippen LogP contribution >= 0.6 is 11.6 Å². The van der Waals surface area contributed by atoms with Crippen molar-refractivity contribution >= 4 is 18.0 Å². The van der Waals surface area contributed by atoms with Crippen LogP contribution in [-0.2, 0) is 19.9 Å². The molecule has 2 fully saturated rings. The van der Waals surface area contributed by atoms with Crippen molar-refractivity contribution in [1.82, 2.24) is 4.90 Å². The molecular formula is C31H43ClN2O5. The van der Waals surface area contributed by atoms with Gasteiger partial charge < -0.3 is 30.3 Å². The van der Waals surface area contributed by atoms with Crippen LogP contribution in [-0.4, -0.2) is 72.7 Å². The molecule has 1 aliphatic carbocycles. The summed E-state index contributed by atoms with van der Waals surface area (Å²) >= 11 is 6.93. The maximum atomic E-state index is 13.2. The van der Waals surface area contributed by atoms with E-state index in [-0.39, 0.29) is 19.1 Å². The van der Waals surface area contributed by atoms with Gasteiger partial charge in [0.1, 0.15) is 11.2 Å². The van der Waals surface area contributed by atoms with Gasteiger partial charge in [0, 0.05) is 36.9 Å². The third-order valence-electron chi connectivity index (χ3n) is 8.70. The van der Waals surface area contributed by atoms with Crippen molar-refractivity contribution in [3.63, 3.8) is 0 Å². The second-order valence-electron chi connectivity index (χ2n) is 11.5. The van der Waals surface area contributed by atoms with Crippen molar-refractivity contribution in [2.45, 2.75) is 75.2 Å². The molecule has 2 aromatic carbocycles. The molecule has 0 aromatic heterocycles. The van der Waals surface area contributed by atoms with Gasteiger partial charge in [0.25, 0.3) is 0 Å². The Morgan fingerprint density at radius 1 is 1.26 bits per heavy atom. The maximum Gasteiger partial charge on any atom is 0.209 e. The average Bonchev–Trinajstić information content (AvgIpc) is 3.29. The Morgan fingerprint density at radius 2 is 2.03 bits per heavy atom. The second-order valence-corrected chi connectivity index (χ2v) is 11.9. The summed E-state index contributed by atoms with van der Waals surface area (Å²) in [7, 11) is 1.66. The Labute approximate surface area is 237 Å². The van der Waals surface area contributed by atoms with E-state index in [4.69, 9.17) is 26.8 Å². The van der Waals surface area contributed by atoms with Gasteiger partial charge in [0.2, 0.25) is 6.41 Å². The Bertz CT molecular complexity index is 1120. The number of carbonyl (C=O) groups excluding carboxylic acids is 1. The number of unbranched alkanes of at least 4 members (excludes halogenated alkanes) is 1. The monoisotopic (exact) mass is 558 g/mol. The first-order valence-corrected chi connectivity index (χ1v) is 14.4. The van der Waals surface area contributed by atoms with Gasteiger partial charge in [-0.2, -0.15) is 0 Å². The van der Waals surface area contributed by atoms with Crippen LogP contribution in [0.15, 0.2) is 42.5 Å². The molecule has 0 radical (unpaired) electrons. The quantitative estimate of drug-likeness (QED) is 0.278. The molecule has 4 N–H and O–H groups in total. The topological polar surface area (TPSA) is 105 Å². The highest BCUT2D eigenvalue weighted by molar-refractivity contribution is 6.33. The molecular weight excluding hydrogens is 516 g/mol. The standard InChI is InChI=1S/C31H43ClN2O5/c1-21(2)22-8-6-9-23(16-22)29-25(10-7-11-26(29)32)30(37,12-4-5-14-38-3)31(19-34(20-35)13-15-39-31)24-17-27(33)28(36)18-24/h6-11,16,20-21,24,27-28,36-37H,4-5,12-15,17-19,33H2,1-3H3/t24-,27+,28-,30+,31-/m0/s1. The smallest absolute Gasteiger partial charge is 0.209 e. The Hall–Kier alpha value is -2.00. The molecule has 214 valence electrons. The van der Waals surface area contributed by atoms with Gasteiger partial charge in [-0.15, -0.1) is 0 Å². The molecule has 1 aliphatic heterocycles. The summed E-state index contributed by atoms with van der Waals surface area (Å²) in [5.74, 6) is 0.0472. The number of rotatable bonds is 11. The van der Waals surface area contributed by atoms with Crippen LogP contribution in [0.1, 0.15) is 63.0 Å². The van der Waals surface area contributed by atoms with E-state index in [2.05, 4.69) is 26.0 Å². The molecule has 1 saturated carbocycles. The largest absolute Gasteiger partial charge is 0.392 e. The number of carbonyl (C=O) groups is 1. The van der Waals surface area contributed by atoms with Gasteiger partial charge in [-0.1, -0.05) is 61.8 Å².